The summed E-state index contributed by atoms with van der Waals surface area (Å²) < 4.78 is 15.9. The van der Waals surface area contributed by atoms with Gasteiger partial charge in [0.1, 0.15) is 5.75 Å². The van der Waals surface area contributed by atoms with Crippen molar-refractivity contribution in [1.29, 1.82) is 0 Å². The molecule has 2 aromatic carbocycles. The first-order chi connectivity index (χ1) is 13.6. The molecule has 0 N–H and O–H groups in total. The Morgan fingerprint density at radius 2 is 1.93 bits per heavy atom. The predicted molar refractivity (Wildman–Crippen MR) is 102 cm³/mol. The maximum absolute atomic E-state index is 12.5. The SMILES string of the molecule is Cc1cccc(C(=O)Oc2ccccc2/C=C2/N=C(c3ccco3)OC2=O)c1. The smallest absolute Gasteiger partial charge is 0.363 e. The van der Waals surface area contributed by atoms with E-state index in [0.717, 1.165) is 5.56 Å². The quantitative estimate of drug-likeness (QED) is 0.390. The van der Waals surface area contributed by atoms with Gasteiger partial charge in [-0.3, -0.25) is 0 Å². The molecular formula is C22H15NO5. The third-order valence-corrected chi connectivity index (χ3v) is 4.02. The molecule has 1 aromatic heterocycles. The number of hydrogen-bond donors (Lipinski definition) is 0. The Hall–Kier alpha value is -3.93. The lowest BCUT2D eigenvalue weighted by Gasteiger charge is -2.08. The van der Waals surface area contributed by atoms with Gasteiger partial charge in [-0.2, -0.15) is 0 Å². The Bertz CT molecular complexity index is 1110. The van der Waals surface area contributed by atoms with Gasteiger partial charge in [-0.15, -0.1) is 0 Å². The van der Waals surface area contributed by atoms with Gasteiger partial charge < -0.3 is 13.9 Å². The molecule has 1 aliphatic heterocycles. The van der Waals surface area contributed by atoms with Gasteiger partial charge in [0.25, 0.3) is 5.90 Å². The molecule has 0 fully saturated rings. The first-order valence-corrected chi connectivity index (χ1v) is 8.54. The number of para-hydroxylation sites is 1. The number of ether oxygens (including phenoxy) is 2. The van der Waals surface area contributed by atoms with E-state index in [-0.39, 0.29) is 11.6 Å². The normalized spacial score (nSPS) is 14.7. The molecule has 138 valence electrons. The van der Waals surface area contributed by atoms with Gasteiger partial charge in [0.2, 0.25) is 0 Å². The Morgan fingerprint density at radius 3 is 2.71 bits per heavy atom. The minimum Gasteiger partial charge on any atom is -0.459 e. The average molecular weight is 373 g/mol. The van der Waals surface area contributed by atoms with Crippen molar-refractivity contribution < 1.29 is 23.5 Å². The van der Waals surface area contributed by atoms with Crippen molar-refractivity contribution in [2.75, 3.05) is 0 Å². The fraction of sp³-hybridized carbons (Fsp3) is 0.0455. The Morgan fingerprint density at radius 1 is 1.07 bits per heavy atom. The van der Waals surface area contributed by atoms with E-state index in [0.29, 0.717) is 22.6 Å². The molecule has 3 aromatic rings. The van der Waals surface area contributed by atoms with Gasteiger partial charge in [0.15, 0.2) is 11.5 Å². The van der Waals surface area contributed by atoms with Crippen LogP contribution in [0, 0.1) is 6.92 Å². The molecule has 0 unspecified atom stereocenters. The van der Waals surface area contributed by atoms with Gasteiger partial charge in [0, 0.05) is 5.56 Å². The largest absolute Gasteiger partial charge is 0.459 e. The van der Waals surface area contributed by atoms with Crippen molar-refractivity contribution in [2.45, 2.75) is 6.92 Å². The highest BCUT2D eigenvalue weighted by molar-refractivity contribution is 6.12. The van der Waals surface area contributed by atoms with Crippen LogP contribution in [0.4, 0.5) is 0 Å². The summed E-state index contributed by atoms with van der Waals surface area (Å²) in [6.07, 6.45) is 2.98. The van der Waals surface area contributed by atoms with Crippen LogP contribution in [-0.2, 0) is 9.53 Å². The van der Waals surface area contributed by atoms with Gasteiger partial charge >= 0.3 is 11.9 Å². The highest BCUT2D eigenvalue weighted by Crippen LogP contribution is 2.25. The molecule has 0 atom stereocenters. The van der Waals surface area contributed by atoms with E-state index in [9.17, 15) is 9.59 Å². The van der Waals surface area contributed by atoms with Crippen LogP contribution in [0.15, 0.2) is 82.0 Å². The zero-order valence-electron chi connectivity index (χ0n) is 14.9. The van der Waals surface area contributed by atoms with Crippen molar-refractivity contribution in [3.8, 4) is 5.75 Å². The summed E-state index contributed by atoms with van der Waals surface area (Å²) in [4.78, 5) is 28.7. The average Bonchev–Trinajstić information content (AvgIpc) is 3.34. The predicted octanol–water partition coefficient (Wildman–Crippen LogP) is 4.15. The van der Waals surface area contributed by atoms with E-state index in [4.69, 9.17) is 13.9 Å². The minimum atomic E-state index is -0.605. The number of carbonyl (C=O) groups is 2. The Labute approximate surface area is 160 Å². The van der Waals surface area contributed by atoms with Crippen molar-refractivity contribution in [1.82, 2.24) is 0 Å². The first kappa shape index (κ1) is 17.5. The van der Waals surface area contributed by atoms with Crippen LogP contribution in [0.1, 0.15) is 27.2 Å². The third kappa shape index (κ3) is 3.61. The van der Waals surface area contributed by atoms with Crippen LogP contribution in [0.2, 0.25) is 0 Å². The monoisotopic (exact) mass is 373 g/mol. The number of nitrogens with zero attached hydrogens (tertiary/aromatic N) is 1. The van der Waals surface area contributed by atoms with Crippen LogP contribution in [0.3, 0.4) is 0 Å². The van der Waals surface area contributed by atoms with Crippen molar-refractivity contribution in [3.05, 3.63) is 95.1 Å². The van der Waals surface area contributed by atoms with Gasteiger partial charge in [-0.05, 0) is 43.3 Å². The number of hydrogen-bond acceptors (Lipinski definition) is 6. The number of furan rings is 1. The van der Waals surface area contributed by atoms with Crippen LogP contribution >= 0.6 is 0 Å². The van der Waals surface area contributed by atoms with E-state index < -0.39 is 11.9 Å². The van der Waals surface area contributed by atoms with Crippen molar-refractivity contribution >= 4 is 23.9 Å². The second-order valence-corrected chi connectivity index (χ2v) is 6.11. The molecular weight excluding hydrogens is 358 g/mol. The molecule has 0 bridgehead atoms. The second kappa shape index (κ2) is 7.36. The second-order valence-electron chi connectivity index (χ2n) is 6.11. The molecule has 4 rings (SSSR count). The molecule has 0 amide bonds. The van der Waals surface area contributed by atoms with E-state index in [2.05, 4.69) is 4.99 Å². The Balaban J connectivity index is 1.62. The van der Waals surface area contributed by atoms with Gasteiger partial charge in [0.05, 0.1) is 11.8 Å². The lowest BCUT2D eigenvalue weighted by Crippen LogP contribution is -2.09. The van der Waals surface area contributed by atoms with E-state index in [1.165, 1.54) is 12.3 Å². The number of esters is 2. The summed E-state index contributed by atoms with van der Waals surface area (Å²) in [6, 6.07) is 17.3. The number of aryl methyl sites for hydroxylation is 1. The maximum atomic E-state index is 12.5. The molecule has 0 saturated heterocycles. The Kier molecular flexibility index (Phi) is 4.60. The van der Waals surface area contributed by atoms with Gasteiger partial charge in [-0.1, -0.05) is 35.9 Å². The highest BCUT2D eigenvalue weighted by atomic mass is 16.6. The fourth-order valence-corrected chi connectivity index (χ4v) is 2.69. The summed E-state index contributed by atoms with van der Waals surface area (Å²) in [7, 11) is 0. The summed E-state index contributed by atoms with van der Waals surface area (Å²) in [5.41, 5.74) is 2.02. The number of aliphatic imine (C=N–C) groups is 1. The van der Waals surface area contributed by atoms with Crippen molar-refractivity contribution in [3.63, 3.8) is 0 Å². The lowest BCUT2D eigenvalue weighted by atomic mass is 10.1. The molecule has 28 heavy (non-hydrogen) atoms. The third-order valence-electron chi connectivity index (χ3n) is 4.02. The lowest BCUT2D eigenvalue weighted by molar-refractivity contribution is -0.130. The number of benzene rings is 2. The summed E-state index contributed by atoms with van der Waals surface area (Å²) in [6.45, 7) is 1.90. The standard InChI is InChI=1S/C22H15NO5/c1-14-6-4-8-16(12-14)21(24)27-18-9-3-2-7-15(18)13-17-22(25)28-20(23-17)19-10-5-11-26-19/h2-13H,1H3/b17-13+. The van der Waals surface area contributed by atoms with Crippen LogP contribution in [-0.4, -0.2) is 17.8 Å². The van der Waals surface area contributed by atoms with Crippen LogP contribution < -0.4 is 4.74 Å². The number of cyclic esters (lactones) is 1. The van der Waals surface area contributed by atoms with Crippen LogP contribution in [0.5, 0.6) is 5.75 Å². The molecule has 0 spiro atoms. The molecule has 2 heterocycles. The fourth-order valence-electron chi connectivity index (χ4n) is 2.69. The summed E-state index contributed by atoms with van der Waals surface area (Å²) in [5.74, 6) is -0.322. The van der Waals surface area contributed by atoms with E-state index in [1.807, 2.05) is 13.0 Å². The zero-order valence-corrected chi connectivity index (χ0v) is 14.9. The minimum absolute atomic E-state index is 0.0884. The highest BCUT2D eigenvalue weighted by Gasteiger charge is 2.26. The number of rotatable bonds is 4. The number of carbonyl (C=O) groups excluding carboxylic acids is 2. The molecule has 1 aliphatic rings. The van der Waals surface area contributed by atoms with E-state index >= 15 is 0 Å². The summed E-state index contributed by atoms with van der Waals surface area (Å²) in [5, 5.41) is 0. The first-order valence-electron chi connectivity index (χ1n) is 8.54. The molecule has 0 aliphatic carbocycles. The van der Waals surface area contributed by atoms with Crippen molar-refractivity contribution in [2.24, 2.45) is 4.99 Å². The molecule has 6 heteroatoms. The molecule has 0 saturated carbocycles. The summed E-state index contributed by atoms with van der Waals surface area (Å²) >= 11 is 0. The maximum Gasteiger partial charge on any atom is 0.363 e. The zero-order chi connectivity index (χ0) is 19.5. The van der Waals surface area contributed by atoms with E-state index in [1.54, 1.807) is 54.6 Å². The molecule has 0 radical (unpaired) electrons. The van der Waals surface area contributed by atoms with Gasteiger partial charge in [-0.25, -0.2) is 14.6 Å². The topological polar surface area (TPSA) is 78.1 Å². The van der Waals surface area contributed by atoms with Crippen LogP contribution in [0.25, 0.3) is 6.08 Å². The molecule has 6 nitrogen and oxygen atoms in total.